The second kappa shape index (κ2) is 30.1. The molecular weight excluding hydrogens is 703 g/mol. The normalized spacial score (nSPS) is 18.9. The molecule has 0 radical (unpaired) electrons. The number of aliphatic hydroxyl groups is 3. The van der Waals surface area contributed by atoms with Gasteiger partial charge in [-0.25, -0.2) is 4.57 Å². The number of hydrogen-bond donors (Lipinski definition) is 4. The second-order valence-corrected chi connectivity index (χ2v) is 15.9. The average molecular weight is 773 g/mol. The van der Waals surface area contributed by atoms with Gasteiger partial charge in [-0.1, -0.05) is 122 Å². The zero-order valence-corrected chi connectivity index (χ0v) is 33.4. The van der Waals surface area contributed by atoms with Gasteiger partial charge < -0.3 is 29.7 Å². The molecule has 0 aliphatic heterocycles. The number of hydrogen-bond acceptors (Lipinski definition) is 11. The number of rotatable bonds is 33. The lowest BCUT2D eigenvalue weighted by atomic mass is 9.90. The molecule has 6 atom stereocenters. The highest BCUT2D eigenvalue weighted by atomic mass is 31.2. The van der Waals surface area contributed by atoms with E-state index in [1.165, 1.54) is 32.1 Å². The Kier molecular flexibility index (Phi) is 27.7. The van der Waals surface area contributed by atoms with Gasteiger partial charge in [0.2, 0.25) is 0 Å². The van der Waals surface area contributed by atoms with Crippen LogP contribution in [0.5, 0.6) is 0 Å². The van der Waals surface area contributed by atoms with E-state index in [-0.39, 0.29) is 37.1 Å². The predicted molar refractivity (Wildman–Crippen MR) is 205 cm³/mol. The maximum atomic E-state index is 12.6. The fourth-order valence-corrected chi connectivity index (χ4v) is 6.54. The summed E-state index contributed by atoms with van der Waals surface area (Å²) in [5.41, 5.74) is 0. The van der Waals surface area contributed by atoms with Gasteiger partial charge in [-0.3, -0.25) is 23.4 Å². The van der Waals surface area contributed by atoms with Crippen molar-refractivity contribution in [2.75, 3.05) is 26.4 Å². The molecule has 0 fully saturated rings. The average Bonchev–Trinajstić information content (AvgIpc) is 3.47. The van der Waals surface area contributed by atoms with Gasteiger partial charge in [0.05, 0.1) is 25.9 Å². The molecule has 0 aromatic carbocycles. The molecule has 0 aromatic heterocycles. The van der Waals surface area contributed by atoms with E-state index < -0.39 is 57.9 Å². The number of ketones is 1. The van der Waals surface area contributed by atoms with Crippen molar-refractivity contribution >= 4 is 25.5 Å². The van der Waals surface area contributed by atoms with Gasteiger partial charge in [-0.15, -0.1) is 0 Å². The van der Waals surface area contributed by atoms with E-state index in [4.69, 9.17) is 19.1 Å². The number of unbranched alkanes of at least 4 members (excludes halogenated alkanes) is 10. The van der Waals surface area contributed by atoms with Crippen LogP contribution >= 0.6 is 7.82 Å². The fourth-order valence-electron chi connectivity index (χ4n) is 5.76. The van der Waals surface area contributed by atoms with Gasteiger partial charge in [0.15, 0.2) is 11.9 Å². The molecule has 1 aliphatic carbocycles. The summed E-state index contributed by atoms with van der Waals surface area (Å²) in [5, 5.41) is 28.5. The first-order valence-corrected chi connectivity index (χ1v) is 21.4. The summed E-state index contributed by atoms with van der Waals surface area (Å²) in [6.45, 7) is 4.29. The quantitative estimate of drug-likeness (QED) is 0.0224. The van der Waals surface area contributed by atoms with Crippen LogP contribution in [0.15, 0.2) is 36.5 Å². The van der Waals surface area contributed by atoms with Crippen LogP contribution in [0.4, 0.5) is 0 Å². The topological polar surface area (TPSA) is 186 Å². The molecule has 0 aromatic rings. The molecule has 53 heavy (non-hydrogen) atoms. The molecule has 0 spiro atoms. The lowest BCUT2D eigenvalue weighted by molar-refractivity contribution is -0.161. The molecule has 0 heterocycles. The summed E-state index contributed by atoms with van der Waals surface area (Å²) in [6.07, 6.45) is 23.4. The van der Waals surface area contributed by atoms with Crippen LogP contribution in [0.3, 0.4) is 0 Å². The molecule has 1 rings (SSSR count). The van der Waals surface area contributed by atoms with Crippen LogP contribution < -0.4 is 0 Å². The van der Waals surface area contributed by atoms with Gasteiger partial charge >= 0.3 is 19.8 Å². The van der Waals surface area contributed by atoms with Gasteiger partial charge in [0.25, 0.3) is 0 Å². The SMILES string of the molecule is CCCCC[C@H](O)/C=C/[C@H]1C(=O)C=C[C@@H]1C/C=C\CCCC(=O)OC[C@H](COP(=O)(O)OC[C@@H](O)CO)OC(=O)CCCCCCCCCCC(C)C. The Morgan fingerprint density at radius 2 is 1.49 bits per heavy atom. The lowest BCUT2D eigenvalue weighted by Crippen LogP contribution is -2.29. The van der Waals surface area contributed by atoms with Crippen molar-refractivity contribution in [1.82, 2.24) is 0 Å². The van der Waals surface area contributed by atoms with Gasteiger partial charge in [-0.05, 0) is 50.0 Å². The largest absolute Gasteiger partial charge is 0.472 e. The summed E-state index contributed by atoms with van der Waals surface area (Å²) in [5.74, 6) is -0.593. The third kappa shape index (κ3) is 26.3. The number of phosphoric ester groups is 1. The maximum absolute atomic E-state index is 12.6. The van der Waals surface area contributed by atoms with Crippen LogP contribution in [0, 0.1) is 17.8 Å². The number of phosphoric acid groups is 1. The fraction of sp³-hybridized carbons (Fsp3) is 0.775. The van der Waals surface area contributed by atoms with E-state index in [1.54, 1.807) is 12.2 Å². The second-order valence-electron chi connectivity index (χ2n) is 14.5. The van der Waals surface area contributed by atoms with Crippen LogP contribution in [0.2, 0.25) is 0 Å². The monoisotopic (exact) mass is 772 g/mol. The number of allylic oxidation sites excluding steroid dienone is 5. The molecule has 306 valence electrons. The summed E-state index contributed by atoms with van der Waals surface area (Å²) in [6, 6.07) is 0. The van der Waals surface area contributed by atoms with Crippen molar-refractivity contribution in [3.8, 4) is 0 Å². The van der Waals surface area contributed by atoms with Crippen molar-refractivity contribution in [1.29, 1.82) is 0 Å². The zero-order valence-electron chi connectivity index (χ0n) is 32.5. The van der Waals surface area contributed by atoms with E-state index in [0.717, 1.165) is 44.4 Å². The van der Waals surface area contributed by atoms with Crippen molar-refractivity contribution in [2.45, 2.75) is 155 Å². The van der Waals surface area contributed by atoms with E-state index in [1.807, 2.05) is 24.3 Å². The Morgan fingerprint density at radius 3 is 2.17 bits per heavy atom. The van der Waals surface area contributed by atoms with E-state index in [2.05, 4.69) is 25.3 Å². The molecule has 1 aliphatic rings. The highest BCUT2D eigenvalue weighted by molar-refractivity contribution is 7.47. The Labute approximate surface area is 318 Å². The Morgan fingerprint density at radius 1 is 0.849 bits per heavy atom. The molecule has 0 bridgehead atoms. The van der Waals surface area contributed by atoms with Crippen molar-refractivity contribution in [2.24, 2.45) is 17.8 Å². The minimum absolute atomic E-state index is 0.0123. The molecule has 4 N–H and O–H groups in total. The first-order valence-electron chi connectivity index (χ1n) is 19.9. The minimum Gasteiger partial charge on any atom is -0.462 e. The van der Waals surface area contributed by atoms with E-state index in [9.17, 15) is 34.1 Å². The Balaban J connectivity index is 2.48. The Hall–Kier alpha value is -2.18. The molecule has 13 heteroatoms. The van der Waals surface area contributed by atoms with Gasteiger partial charge in [0.1, 0.15) is 12.7 Å². The van der Waals surface area contributed by atoms with Crippen molar-refractivity contribution in [3.05, 3.63) is 36.5 Å². The van der Waals surface area contributed by atoms with Crippen molar-refractivity contribution < 1.29 is 57.7 Å². The number of esters is 2. The summed E-state index contributed by atoms with van der Waals surface area (Å²) in [7, 11) is -4.66. The van der Waals surface area contributed by atoms with E-state index in [0.29, 0.717) is 32.1 Å². The summed E-state index contributed by atoms with van der Waals surface area (Å²) >= 11 is 0. The first kappa shape index (κ1) is 48.8. The summed E-state index contributed by atoms with van der Waals surface area (Å²) < 4.78 is 32.6. The van der Waals surface area contributed by atoms with Crippen LogP contribution in [-0.4, -0.2) is 82.7 Å². The molecule has 0 saturated heterocycles. The molecule has 0 amide bonds. The number of carbonyl (C=O) groups is 3. The molecule has 1 unspecified atom stereocenters. The van der Waals surface area contributed by atoms with Crippen LogP contribution in [0.25, 0.3) is 0 Å². The Bertz CT molecular complexity index is 1140. The highest BCUT2D eigenvalue weighted by Crippen LogP contribution is 2.43. The van der Waals surface area contributed by atoms with Gasteiger partial charge in [0, 0.05) is 18.8 Å². The molecule has 12 nitrogen and oxygen atoms in total. The highest BCUT2D eigenvalue weighted by Gasteiger charge is 2.28. The minimum atomic E-state index is -4.66. The van der Waals surface area contributed by atoms with Crippen LogP contribution in [0.1, 0.15) is 136 Å². The zero-order chi connectivity index (χ0) is 39.3. The number of ether oxygens (including phenoxy) is 2. The molecular formula is C40H69O12P. The standard InChI is InChI=1S/C40H69O12P/c1-4-5-14-21-34(42)25-26-37-33(24-27-38(37)44)20-16-12-13-17-22-39(45)49-30-36(31-51-53(47,48)50-29-35(43)28-41)52-40(46)23-18-11-9-7-6-8-10-15-19-32(2)3/h12,16,24-27,32-37,41-43H,4-11,13-15,17-23,28-31H2,1-3H3,(H,47,48)/b16-12-,26-25+/t33-,34-,35-,36+,37+/m0/s1. The van der Waals surface area contributed by atoms with Crippen molar-refractivity contribution in [3.63, 3.8) is 0 Å². The third-order valence-corrected chi connectivity index (χ3v) is 9.92. The van der Waals surface area contributed by atoms with Gasteiger partial charge in [-0.2, -0.15) is 0 Å². The molecule has 0 saturated carbocycles. The van der Waals surface area contributed by atoms with E-state index >= 15 is 0 Å². The summed E-state index contributed by atoms with van der Waals surface area (Å²) in [4.78, 5) is 47.3. The third-order valence-electron chi connectivity index (χ3n) is 8.97. The number of carbonyl (C=O) groups excluding carboxylic acids is 3. The first-order chi connectivity index (χ1) is 25.4. The maximum Gasteiger partial charge on any atom is 0.472 e. The predicted octanol–water partition coefficient (Wildman–Crippen LogP) is 7.47. The smallest absolute Gasteiger partial charge is 0.462 e. The lowest BCUT2D eigenvalue weighted by Gasteiger charge is -2.20. The van der Waals surface area contributed by atoms with Crippen LogP contribution in [-0.2, 0) is 37.5 Å². The number of aliphatic hydroxyl groups excluding tert-OH is 3.